The van der Waals surface area contributed by atoms with Gasteiger partial charge >= 0.3 is 12.1 Å². The van der Waals surface area contributed by atoms with E-state index in [2.05, 4.69) is 28.1 Å². The number of hydrogen-bond donors (Lipinski definition) is 4. The number of amides is 3. The number of nitrogens with one attached hydrogen (secondary N) is 3. The molecule has 1 aliphatic heterocycles. The lowest BCUT2D eigenvalue weighted by Crippen LogP contribution is -2.50. The average Bonchev–Trinajstić information content (AvgIpc) is 3.74. The van der Waals surface area contributed by atoms with Gasteiger partial charge in [0.15, 0.2) is 0 Å². The van der Waals surface area contributed by atoms with Crippen LogP contribution in [0.5, 0.6) is 0 Å². The summed E-state index contributed by atoms with van der Waals surface area (Å²) < 4.78 is 11.4. The van der Waals surface area contributed by atoms with Crippen molar-refractivity contribution in [3.63, 3.8) is 0 Å². The quantitative estimate of drug-likeness (QED) is 0.183. The Morgan fingerprint density at radius 1 is 0.900 bits per heavy atom. The number of hydrogen-bond acceptors (Lipinski definition) is 7. The molecule has 0 bridgehead atoms. The number of cyclic esters (lactones) is 1. The molecule has 3 aromatic carbocycles. The van der Waals surface area contributed by atoms with E-state index in [0.717, 1.165) is 40.7 Å². The maximum absolute atomic E-state index is 13.7. The Kier molecular flexibility index (Phi) is 11.3. The van der Waals surface area contributed by atoms with Crippen LogP contribution < -0.4 is 16.0 Å². The maximum atomic E-state index is 13.7. The second kappa shape index (κ2) is 16.2. The van der Waals surface area contributed by atoms with Crippen LogP contribution in [0, 0.1) is 5.92 Å². The lowest BCUT2D eigenvalue weighted by molar-refractivity contribution is -0.147. The Hall–Kier alpha value is -4.96. The highest BCUT2D eigenvalue weighted by Crippen LogP contribution is 2.44. The van der Waals surface area contributed by atoms with E-state index in [4.69, 9.17) is 9.47 Å². The number of benzene rings is 3. The van der Waals surface area contributed by atoms with Gasteiger partial charge in [-0.15, -0.1) is 0 Å². The maximum Gasteiger partial charge on any atom is 0.407 e. The molecule has 0 radical (unpaired) electrons. The second-order valence-electron chi connectivity index (χ2n) is 13.5. The van der Waals surface area contributed by atoms with Crippen LogP contribution in [-0.4, -0.2) is 60.4 Å². The molecule has 3 aromatic rings. The fraction of sp³-hybridized carbons (Fsp3) is 0.400. The fourth-order valence-corrected chi connectivity index (χ4v) is 7.36. The van der Waals surface area contributed by atoms with Gasteiger partial charge < -0.3 is 30.5 Å². The predicted octanol–water partition coefficient (Wildman–Crippen LogP) is 5.46. The van der Waals surface area contributed by atoms with Gasteiger partial charge in [0.05, 0.1) is 24.1 Å². The molecule has 0 spiro atoms. The third-order valence-corrected chi connectivity index (χ3v) is 10.1. The van der Waals surface area contributed by atoms with Crippen molar-refractivity contribution in [3.8, 4) is 11.1 Å². The van der Waals surface area contributed by atoms with E-state index in [1.165, 1.54) is 0 Å². The molecular weight excluding hydrogens is 634 g/mol. The number of esters is 1. The molecule has 1 fully saturated rings. The van der Waals surface area contributed by atoms with Crippen molar-refractivity contribution in [1.29, 1.82) is 0 Å². The van der Waals surface area contributed by atoms with Crippen LogP contribution >= 0.6 is 0 Å². The van der Waals surface area contributed by atoms with Crippen LogP contribution in [0.4, 0.5) is 4.79 Å². The Bertz CT molecular complexity index is 1660. The van der Waals surface area contributed by atoms with E-state index < -0.39 is 35.6 Å². The lowest BCUT2D eigenvalue weighted by Gasteiger charge is -2.29. The summed E-state index contributed by atoms with van der Waals surface area (Å²) in [4.78, 5) is 53.4. The van der Waals surface area contributed by atoms with Gasteiger partial charge in [-0.25, -0.2) is 9.59 Å². The SMILES string of the molecule is O=C(CC1CC=CCCC(NC(=O)OCC2c3ccccc3-c3ccccc32)C(=O)OCC(c2ccccc2)NC1=O)NC1(CO)CCCC1. The molecular formula is C40H45N3O7. The highest BCUT2D eigenvalue weighted by atomic mass is 16.6. The molecule has 262 valence electrons. The summed E-state index contributed by atoms with van der Waals surface area (Å²) in [7, 11) is 0. The summed E-state index contributed by atoms with van der Waals surface area (Å²) in [5.74, 6) is -2.06. The molecule has 3 atom stereocenters. The van der Waals surface area contributed by atoms with Crippen molar-refractivity contribution in [3.05, 3.63) is 108 Å². The van der Waals surface area contributed by atoms with Gasteiger partial charge in [0, 0.05) is 12.3 Å². The minimum absolute atomic E-state index is 0.0504. The fourth-order valence-electron chi connectivity index (χ4n) is 7.36. The summed E-state index contributed by atoms with van der Waals surface area (Å²) >= 11 is 0. The average molecular weight is 680 g/mol. The van der Waals surface area contributed by atoms with Gasteiger partial charge in [-0.3, -0.25) is 9.59 Å². The van der Waals surface area contributed by atoms with E-state index in [1.807, 2.05) is 78.9 Å². The number of alkyl carbamates (subject to hydrolysis) is 1. The number of rotatable bonds is 8. The van der Waals surface area contributed by atoms with Crippen molar-refractivity contribution in [2.75, 3.05) is 19.8 Å². The molecule has 3 aliphatic rings. The number of aliphatic hydroxyl groups is 1. The van der Waals surface area contributed by atoms with Crippen LogP contribution in [-0.2, 0) is 23.9 Å². The Balaban J connectivity index is 1.13. The standard InChI is InChI=1S/C40H45N3O7/c44-26-40(21-11-12-22-40)43-36(45)23-28-15-5-2-6-20-34(38(47)49-25-35(41-37(28)46)27-13-3-1-4-14-27)42-39(48)50-24-33-31-18-9-7-16-29(31)30-17-8-10-19-32(30)33/h1-5,7-10,13-14,16-19,28,33-35,44H,6,11-12,15,20-26H2,(H,41,46)(H,42,48)(H,43,45). The van der Waals surface area contributed by atoms with Crippen LogP contribution in [0.3, 0.4) is 0 Å². The zero-order valence-corrected chi connectivity index (χ0v) is 28.1. The predicted molar refractivity (Wildman–Crippen MR) is 188 cm³/mol. The third kappa shape index (κ3) is 8.25. The molecule has 4 N–H and O–H groups in total. The van der Waals surface area contributed by atoms with E-state index in [1.54, 1.807) is 0 Å². The highest BCUT2D eigenvalue weighted by molar-refractivity contribution is 5.87. The van der Waals surface area contributed by atoms with Gasteiger partial charge in [0.25, 0.3) is 0 Å². The summed E-state index contributed by atoms with van der Waals surface area (Å²) in [6, 6.07) is 23.6. The Morgan fingerprint density at radius 3 is 2.24 bits per heavy atom. The minimum Gasteiger partial charge on any atom is -0.462 e. The molecule has 10 nitrogen and oxygen atoms in total. The molecule has 3 unspecified atom stereocenters. The first-order valence-corrected chi connectivity index (χ1v) is 17.6. The van der Waals surface area contributed by atoms with Crippen molar-refractivity contribution < 1.29 is 33.8 Å². The molecule has 1 heterocycles. The van der Waals surface area contributed by atoms with Crippen molar-refractivity contribution in [2.24, 2.45) is 5.92 Å². The van der Waals surface area contributed by atoms with E-state index >= 15 is 0 Å². The van der Waals surface area contributed by atoms with E-state index in [0.29, 0.717) is 25.7 Å². The molecule has 50 heavy (non-hydrogen) atoms. The largest absolute Gasteiger partial charge is 0.462 e. The van der Waals surface area contributed by atoms with Crippen LogP contribution in [0.25, 0.3) is 11.1 Å². The topological polar surface area (TPSA) is 143 Å². The smallest absolute Gasteiger partial charge is 0.407 e. The number of aliphatic hydroxyl groups excluding tert-OH is 1. The lowest BCUT2D eigenvalue weighted by atomic mass is 9.95. The van der Waals surface area contributed by atoms with Gasteiger partial charge in [-0.05, 0) is 59.9 Å². The monoisotopic (exact) mass is 679 g/mol. The molecule has 0 aromatic heterocycles. The zero-order chi connectivity index (χ0) is 34.9. The first-order chi connectivity index (χ1) is 24.4. The zero-order valence-electron chi connectivity index (χ0n) is 28.1. The van der Waals surface area contributed by atoms with Crippen molar-refractivity contribution in [1.82, 2.24) is 16.0 Å². The molecule has 1 saturated carbocycles. The Labute approximate surface area is 292 Å². The molecule has 0 saturated heterocycles. The number of allylic oxidation sites excluding steroid dienone is 2. The number of ether oxygens (including phenoxy) is 2. The summed E-state index contributed by atoms with van der Waals surface area (Å²) in [6.45, 7) is -0.197. The van der Waals surface area contributed by atoms with Crippen LogP contribution in [0.2, 0.25) is 0 Å². The number of carbonyl (C=O) groups is 4. The van der Waals surface area contributed by atoms with Crippen molar-refractivity contribution in [2.45, 2.75) is 74.9 Å². The van der Waals surface area contributed by atoms with Gasteiger partial charge in [-0.1, -0.05) is 104 Å². The summed E-state index contributed by atoms with van der Waals surface area (Å²) in [5.41, 5.74) is 4.51. The Morgan fingerprint density at radius 2 is 1.56 bits per heavy atom. The van der Waals surface area contributed by atoms with Gasteiger partial charge in [0.1, 0.15) is 19.3 Å². The minimum atomic E-state index is -0.981. The van der Waals surface area contributed by atoms with Crippen LogP contribution in [0.1, 0.15) is 80.0 Å². The third-order valence-electron chi connectivity index (χ3n) is 10.1. The second-order valence-corrected chi connectivity index (χ2v) is 13.5. The van der Waals surface area contributed by atoms with E-state index in [-0.39, 0.29) is 50.4 Å². The normalized spacial score (nSPS) is 22.1. The number of fused-ring (bicyclic) bond motifs is 3. The van der Waals surface area contributed by atoms with Gasteiger partial charge in [-0.2, -0.15) is 0 Å². The molecule has 6 rings (SSSR count). The molecule has 2 aliphatic carbocycles. The highest BCUT2D eigenvalue weighted by Gasteiger charge is 2.36. The van der Waals surface area contributed by atoms with Crippen LogP contribution in [0.15, 0.2) is 91.0 Å². The first kappa shape index (κ1) is 34.9. The number of carbonyl (C=O) groups excluding carboxylic acids is 4. The first-order valence-electron chi connectivity index (χ1n) is 17.6. The van der Waals surface area contributed by atoms with Gasteiger partial charge in [0.2, 0.25) is 11.8 Å². The van der Waals surface area contributed by atoms with E-state index in [9.17, 15) is 24.3 Å². The summed E-state index contributed by atoms with van der Waals surface area (Å²) in [5, 5.41) is 18.7. The molecule has 3 amide bonds. The molecule has 10 heteroatoms. The van der Waals surface area contributed by atoms with Crippen molar-refractivity contribution >= 4 is 23.9 Å². The summed E-state index contributed by atoms with van der Waals surface area (Å²) in [6.07, 6.45) is 7.15.